The van der Waals surface area contributed by atoms with E-state index < -0.39 is 10.0 Å². The number of alkyl halides is 1. The van der Waals surface area contributed by atoms with Gasteiger partial charge in [0, 0.05) is 10.9 Å². The molecule has 0 fully saturated rings. The largest absolute Gasteiger partial charge is 0.212 e. The van der Waals surface area contributed by atoms with E-state index in [9.17, 15) is 8.42 Å². The third-order valence-corrected chi connectivity index (χ3v) is 4.06. The van der Waals surface area contributed by atoms with E-state index in [0.29, 0.717) is 11.2 Å². The summed E-state index contributed by atoms with van der Waals surface area (Å²) >= 11 is 3.42. The van der Waals surface area contributed by atoms with Crippen LogP contribution in [0.15, 0.2) is 0 Å². The first-order valence-electron chi connectivity index (χ1n) is 5.66. The first-order valence-corrected chi connectivity index (χ1v) is 8.23. The minimum atomic E-state index is -3.13. The maximum absolute atomic E-state index is 11.7. The van der Waals surface area contributed by atoms with Gasteiger partial charge in [-0.2, -0.15) is 0 Å². The molecule has 0 aromatic rings. The molecule has 5 heteroatoms. The second-order valence-electron chi connectivity index (χ2n) is 5.66. The van der Waals surface area contributed by atoms with E-state index in [-0.39, 0.29) is 17.2 Å². The number of rotatable bonds is 6. The van der Waals surface area contributed by atoms with Gasteiger partial charge in [0.05, 0.1) is 5.75 Å². The minimum absolute atomic E-state index is 0.0145. The predicted octanol–water partition coefficient (Wildman–Crippen LogP) is 2.90. The Morgan fingerprint density at radius 3 is 2.12 bits per heavy atom. The van der Waals surface area contributed by atoms with Crippen molar-refractivity contribution in [1.29, 1.82) is 0 Å². The van der Waals surface area contributed by atoms with Crippen molar-refractivity contribution >= 4 is 26.0 Å². The van der Waals surface area contributed by atoms with Crippen LogP contribution in [0.2, 0.25) is 0 Å². The summed E-state index contributed by atoms with van der Waals surface area (Å²) in [5.41, 5.74) is 0.0563. The standard InChI is InChI=1S/C11H24BrNO2S/c1-9(12)8-10(2)13-16(14,15)7-6-11(3,4)5/h9-10,13H,6-8H2,1-5H3. The molecule has 98 valence electrons. The average Bonchev–Trinajstić information content (AvgIpc) is 1.96. The van der Waals surface area contributed by atoms with Crippen molar-refractivity contribution in [2.24, 2.45) is 5.41 Å². The van der Waals surface area contributed by atoms with Crippen molar-refractivity contribution < 1.29 is 8.42 Å². The highest BCUT2D eigenvalue weighted by atomic mass is 79.9. The van der Waals surface area contributed by atoms with Crippen LogP contribution in [0.5, 0.6) is 0 Å². The van der Waals surface area contributed by atoms with Crippen LogP contribution in [-0.4, -0.2) is 25.0 Å². The van der Waals surface area contributed by atoms with Gasteiger partial charge in [0.15, 0.2) is 0 Å². The van der Waals surface area contributed by atoms with Crippen molar-refractivity contribution in [2.45, 2.75) is 58.3 Å². The number of sulfonamides is 1. The molecule has 0 amide bonds. The van der Waals surface area contributed by atoms with Crippen molar-refractivity contribution in [2.75, 3.05) is 5.75 Å². The van der Waals surface area contributed by atoms with Crippen molar-refractivity contribution in [3.63, 3.8) is 0 Å². The summed E-state index contributed by atoms with van der Waals surface area (Å²) in [6.45, 7) is 10.1. The zero-order valence-corrected chi connectivity index (χ0v) is 13.3. The molecule has 0 rings (SSSR count). The van der Waals surface area contributed by atoms with Gasteiger partial charge in [-0.25, -0.2) is 13.1 Å². The molecule has 1 N–H and O–H groups in total. The number of hydrogen-bond acceptors (Lipinski definition) is 2. The van der Waals surface area contributed by atoms with E-state index >= 15 is 0 Å². The molecule has 3 nitrogen and oxygen atoms in total. The van der Waals surface area contributed by atoms with E-state index in [1.54, 1.807) is 0 Å². The molecule has 0 aliphatic carbocycles. The minimum Gasteiger partial charge on any atom is -0.212 e. The summed E-state index contributed by atoms with van der Waals surface area (Å²) in [6.07, 6.45) is 1.48. The Hall–Kier alpha value is 0.390. The summed E-state index contributed by atoms with van der Waals surface area (Å²) in [5.74, 6) is 0.206. The molecule has 0 saturated carbocycles. The van der Waals surface area contributed by atoms with Crippen LogP contribution in [0.25, 0.3) is 0 Å². The van der Waals surface area contributed by atoms with Gasteiger partial charge in [-0.05, 0) is 25.2 Å². The monoisotopic (exact) mass is 313 g/mol. The summed E-state index contributed by atoms with van der Waals surface area (Å²) in [7, 11) is -3.13. The summed E-state index contributed by atoms with van der Waals surface area (Å²) in [5, 5.41) is 0. The van der Waals surface area contributed by atoms with Gasteiger partial charge in [-0.3, -0.25) is 0 Å². The second-order valence-corrected chi connectivity index (χ2v) is 9.10. The zero-order valence-electron chi connectivity index (χ0n) is 10.9. The van der Waals surface area contributed by atoms with Gasteiger partial charge in [0.2, 0.25) is 10.0 Å². The third kappa shape index (κ3) is 9.60. The van der Waals surface area contributed by atoms with E-state index in [1.807, 2.05) is 34.6 Å². The maximum atomic E-state index is 11.7. The Morgan fingerprint density at radius 2 is 1.75 bits per heavy atom. The fraction of sp³-hybridized carbons (Fsp3) is 1.00. The fourth-order valence-corrected chi connectivity index (χ4v) is 3.61. The number of hydrogen-bond donors (Lipinski definition) is 1. The normalized spacial score (nSPS) is 17.1. The average molecular weight is 314 g/mol. The molecule has 0 spiro atoms. The molecule has 0 bridgehead atoms. The smallest absolute Gasteiger partial charge is 0.211 e. The Bertz CT molecular complexity index is 294. The van der Waals surface area contributed by atoms with Crippen LogP contribution in [0.4, 0.5) is 0 Å². The van der Waals surface area contributed by atoms with Gasteiger partial charge in [-0.1, -0.05) is 43.6 Å². The molecule has 16 heavy (non-hydrogen) atoms. The van der Waals surface area contributed by atoms with E-state index in [2.05, 4.69) is 20.7 Å². The number of halogens is 1. The van der Waals surface area contributed by atoms with Crippen LogP contribution >= 0.6 is 15.9 Å². The summed E-state index contributed by atoms with van der Waals surface area (Å²) in [4.78, 5) is 0.327. The Kier molecular flexibility index (Phi) is 6.51. The molecule has 0 saturated heterocycles. The lowest BCUT2D eigenvalue weighted by Gasteiger charge is -2.20. The lowest BCUT2D eigenvalue weighted by Crippen LogP contribution is -2.36. The highest BCUT2D eigenvalue weighted by Gasteiger charge is 2.19. The van der Waals surface area contributed by atoms with Crippen molar-refractivity contribution in [3.05, 3.63) is 0 Å². The molecule has 0 heterocycles. The SMILES string of the molecule is CC(Br)CC(C)NS(=O)(=O)CCC(C)(C)C. The molecule has 2 atom stereocenters. The van der Waals surface area contributed by atoms with Crippen molar-refractivity contribution in [3.8, 4) is 0 Å². The molecular weight excluding hydrogens is 290 g/mol. The molecule has 0 aliphatic heterocycles. The van der Waals surface area contributed by atoms with Crippen LogP contribution in [-0.2, 0) is 10.0 Å². The number of nitrogens with one attached hydrogen (secondary N) is 1. The van der Waals surface area contributed by atoms with Crippen molar-refractivity contribution in [1.82, 2.24) is 4.72 Å². The van der Waals surface area contributed by atoms with Crippen LogP contribution in [0.3, 0.4) is 0 Å². The van der Waals surface area contributed by atoms with Crippen LogP contribution in [0, 0.1) is 5.41 Å². The van der Waals surface area contributed by atoms with Crippen LogP contribution in [0.1, 0.15) is 47.5 Å². The quantitative estimate of drug-likeness (QED) is 0.766. The van der Waals surface area contributed by atoms with Gasteiger partial charge in [0.25, 0.3) is 0 Å². The first kappa shape index (κ1) is 16.4. The summed E-state index contributed by atoms with van der Waals surface area (Å²) < 4.78 is 26.2. The summed E-state index contributed by atoms with van der Waals surface area (Å²) in [6, 6.07) is -0.0145. The Labute approximate surface area is 109 Å². The first-order chi connectivity index (χ1) is 7.02. The topological polar surface area (TPSA) is 46.2 Å². The molecule has 0 radical (unpaired) electrons. The molecule has 2 unspecified atom stereocenters. The molecule has 0 aliphatic rings. The van der Waals surface area contributed by atoms with Gasteiger partial charge in [0.1, 0.15) is 0 Å². The highest BCUT2D eigenvalue weighted by Crippen LogP contribution is 2.19. The second kappa shape index (κ2) is 6.36. The Balaban J connectivity index is 4.15. The molecule has 0 aromatic heterocycles. The Morgan fingerprint density at radius 1 is 1.25 bits per heavy atom. The van der Waals surface area contributed by atoms with E-state index in [0.717, 1.165) is 6.42 Å². The fourth-order valence-electron chi connectivity index (χ4n) is 1.34. The lowest BCUT2D eigenvalue weighted by molar-refractivity contribution is 0.395. The highest BCUT2D eigenvalue weighted by molar-refractivity contribution is 9.09. The van der Waals surface area contributed by atoms with Crippen LogP contribution < -0.4 is 4.72 Å². The van der Waals surface area contributed by atoms with Gasteiger partial charge < -0.3 is 0 Å². The predicted molar refractivity (Wildman–Crippen MR) is 73.5 cm³/mol. The third-order valence-electron chi connectivity index (χ3n) is 2.18. The zero-order chi connectivity index (χ0) is 13.0. The van der Waals surface area contributed by atoms with E-state index in [4.69, 9.17) is 0 Å². The lowest BCUT2D eigenvalue weighted by atomic mass is 9.94. The molecule has 0 aromatic carbocycles. The van der Waals surface area contributed by atoms with Gasteiger partial charge in [-0.15, -0.1) is 0 Å². The van der Waals surface area contributed by atoms with Gasteiger partial charge >= 0.3 is 0 Å². The van der Waals surface area contributed by atoms with E-state index in [1.165, 1.54) is 0 Å². The molecular formula is C11H24BrNO2S. The maximum Gasteiger partial charge on any atom is 0.211 e.